The van der Waals surface area contributed by atoms with Gasteiger partial charge in [0.1, 0.15) is 6.61 Å². The molecule has 1 saturated heterocycles. The van der Waals surface area contributed by atoms with Crippen LogP contribution >= 0.6 is 0 Å². The first-order chi connectivity index (χ1) is 13.7. The topological polar surface area (TPSA) is 72.8 Å². The van der Waals surface area contributed by atoms with Crippen LogP contribution in [0.2, 0.25) is 0 Å². The van der Waals surface area contributed by atoms with Crippen LogP contribution in [0, 0.1) is 17.8 Å². The summed E-state index contributed by atoms with van der Waals surface area (Å²) in [4.78, 5) is 24.6. The highest BCUT2D eigenvalue weighted by Gasteiger charge is 2.44. The Kier molecular flexibility index (Phi) is 8.45. The Balaban J connectivity index is 2.01. The van der Waals surface area contributed by atoms with Crippen molar-refractivity contribution in [3.8, 4) is 0 Å². The fraction of sp³-hybridized carbons (Fsp3) is 0.583. The molecule has 5 nitrogen and oxygen atoms in total. The van der Waals surface area contributed by atoms with Gasteiger partial charge in [0.25, 0.3) is 0 Å². The number of carbonyl (C=O) groups is 2. The van der Waals surface area contributed by atoms with Crippen molar-refractivity contribution in [3.63, 3.8) is 0 Å². The van der Waals surface area contributed by atoms with E-state index in [0.717, 1.165) is 19.3 Å². The van der Waals surface area contributed by atoms with Crippen LogP contribution in [0.25, 0.3) is 0 Å². The highest BCUT2D eigenvalue weighted by atomic mass is 16.6. The van der Waals surface area contributed by atoms with Crippen LogP contribution in [-0.2, 0) is 14.3 Å². The number of hydrogen-bond donors (Lipinski definition) is 1. The molecule has 1 heterocycles. The van der Waals surface area contributed by atoms with Gasteiger partial charge in [-0.1, -0.05) is 52.0 Å². The van der Waals surface area contributed by atoms with Crippen LogP contribution in [0.15, 0.2) is 42.0 Å². The van der Waals surface area contributed by atoms with E-state index in [1.807, 2.05) is 12.1 Å². The lowest BCUT2D eigenvalue weighted by Gasteiger charge is -2.24. The summed E-state index contributed by atoms with van der Waals surface area (Å²) in [6.45, 7) is 8.29. The maximum atomic E-state index is 12.4. The number of cyclic esters (lactones) is 1. The highest BCUT2D eigenvalue weighted by Crippen LogP contribution is 2.33. The second-order valence-electron chi connectivity index (χ2n) is 8.94. The van der Waals surface area contributed by atoms with Crippen LogP contribution in [-0.4, -0.2) is 35.9 Å². The standard InChI is InChI=1S/C24H34O5/c1-17(2)12-19(13-18(3)4)10-11-21-14-24(15-25,29-23(21)27)16-28-22(26)20-8-6-5-7-9-20/h5-9,11,17-19,25H,10,12-16H2,1-4H3/b21-11-. The number of rotatable bonds is 10. The summed E-state index contributed by atoms with van der Waals surface area (Å²) in [6, 6.07) is 8.62. The Bertz CT molecular complexity index is 697. The summed E-state index contributed by atoms with van der Waals surface area (Å²) in [5.74, 6) is 0.780. The number of aliphatic hydroxyl groups is 1. The average molecular weight is 403 g/mol. The van der Waals surface area contributed by atoms with Gasteiger partial charge in [-0.15, -0.1) is 0 Å². The number of benzene rings is 1. The molecular formula is C24H34O5. The monoisotopic (exact) mass is 402 g/mol. The van der Waals surface area contributed by atoms with E-state index in [1.165, 1.54) is 0 Å². The van der Waals surface area contributed by atoms with Crippen molar-refractivity contribution < 1.29 is 24.2 Å². The van der Waals surface area contributed by atoms with Crippen LogP contribution in [0.4, 0.5) is 0 Å². The molecule has 1 fully saturated rings. The quantitative estimate of drug-likeness (QED) is 0.459. The molecular weight excluding hydrogens is 368 g/mol. The summed E-state index contributed by atoms with van der Waals surface area (Å²) < 4.78 is 10.8. The zero-order chi connectivity index (χ0) is 21.4. The molecule has 1 unspecified atom stereocenters. The number of hydrogen-bond acceptors (Lipinski definition) is 5. The maximum Gasteiger partial charge on any atom is 0.338 e. The van der Waals surface area contributed by atoms with Gasteiger partial charge in [-0.3, -0.25) is 0 Å². The molecule has 1 aliphatic rings. The smallest absolute Gasteiger partial charge is 0.338 e. The van der Waals surface area contributed by atoms with Crippen molar-refractivity contribution in [1.29, 1.82) is 0 Å². The molecule has 160 valence electrons. The molecule has 1 aromatic carbocycles. The van der Waals surface area contributed by atoms with E-state index in [-0.39, 0.29) is 19.6 Å². The Morgan fingerprint density at radius 1 is 1.17 bits per heavy atom. The van der Waals surface area contributed by atoms with Gasteiger partial charge < -0.3 is 14.6 Å². The SMILES string of the molecule is CC(C)CC(C/C=C1/CC(CO)(COC(=O)c2ccccc2)OC1=O)CC(C)C. The zero-order valence-electron chi connectivity index (χ0n) is 18.0. The van der Waals surface area contributed by atoms with Crippen molar-refractivity contribution in [2.45, 2.75) is 59.0 Å². The first-order valence-electron chi connectivity index (χ1n) is 10.5. The van der Waals surface area contributed by atoms with Crippen molar-refractivity contribution in [3.05, 3.63) is 47.5 Å². The van der Waals surface area contributed by atoms with E-state index in [9.17, 15) is 14.7 Å². The van der Waals surface area contributed by atoms with E-state index in [1.54, 1.807) is 24.3 Å². The lowest BCUT2D eigenvalue weighted by molar-refractivity contribution is -0.154. The number of carbonyl (C=O) groups excluding carboxylic acids is 2. The van der Waals surface area contributed by atoms with Gasteiger partial charge in [-0.25, -0.2) is 9.59 Å². The zero-order valence-corrected chi connectivity index (χ0v) is 18.0. The molecule has 0 saturated carbocycles. The minimum absolute atomic E-state index is 0.165. The summed E-state index contributed by atoms with van der Waals surface area (Å²) in [5, 5.41) is 9.86. The van der Waals surface area contributed by atoms with Gasteiger partial charge in [0.15, 0.2) is 5.60 Å². The van der Waals surface area contributed by atoms with E-state index in [2.05, 4.69) is 27.7 Å². The predicted molar refractivity (Wildman–Crippen MR) is 112 cm³/mol. The van der Waals surface area contributed by atoms with E-state index in [0.29, 0.717) is 28.9 Å². The average Bonchev–Trinajstić information content (AvgIpc) is 3.00. The third kappa shape index (κ3) is 7.00. The van der Waals surface area contributed by atoms with E-state index in [4.69, 9.17) is 9.47 Å². The molecule has 0 aliphatic carbocycles. The first-order valence-corrected chi connectivity index (χ1v) is 10.5. The number of allylic oxidation sites excluding steroid dienone is 1. The Morgan fingerprint density at radius 2 is 1.79 bits per heavy atom. The Hall–Kier alpha value is -2.14. The largest absolute Gasteiger partial charge is 0.458 e. The molecule has 0 spiro atoms. The van der Waals surface area contributed by atoms with Gasteiger partial charge >= 0.3 is 11.9 Å². The van der Waals surface area contributed by atoms with Crippen LogP contribution < -0.4 is 0 Å². The fourth-order valence-electron chi connectivity index (χ4n) is 3.87. The third-order valence-corrected chi connectivity index (χ3v) is 5.16. The summed E-state index contributed by atoms with van der Waals surface area (Å²) in [5.41, 5.74) is -0.211. The normalized spacial score (nSPS) is 20.7. The van der Waals surface area contributed by atoms with Gasteiger partial charge in [0.2, 0.25) is 0 Å². The molecule has 0 bridgehead atoms. The van der Waals surface area contributed by atoms with Crippen molar-refractivity contribution >= 4 is 11.9 Å². The van der Waals surface area contributed by atoms with Crippen molar-refractivity contribution in [2.75, 3.05) is 13.2 Å². The molecule has 0 amide bonds. The molecule has 5 heteroatoms. The molecule has 29 heavy (non-hydrogen) atoms. The van der Waals surface area contributed by atoms with E-state index >= 15 is 0 Å². The van der Waals surface area contributed by atoms with Crippen molar-refractivity contribution in [2.24, 2.45) is 17.8 Å². The van der Waals surface area contributed by atoms with Crippen molar-refractivity contribution in [1.82, 2.24) is 0 Å². The van der Waals surface area contributed by atoms with Crippen LogP contribution in [0.1, 0.15) is 63.7 Å². The molecule has 1 aliphatic heterocycles. The Morgan fingerprint density at radius 3 is 2.34 bits per heavy atom. The van der Waals surface area contributed by atoms with Gasteiger partial charge in [0, 0.05) is 12.0 Å². The fourth-order valence-corrected chi connectivity index (χ4v) is 3.87. The lowest BCUT2D eigenvalue weighted by atomic mass is 9.86. The molecule has 1 N–H and O–H groups in total. The highest BCUT2D eigenvalue weighted by molar-refractivity contribution is 5.92. The van der Waals surface area contributed by atoms with Gasteiger partial charge in [-0.2, -0.15) is 0 Å². The summed E-state index contributed by atoms with van der Waals surface area (Å²) in [6.07, 6.45) is 5.23. The molecule has 0 radical (unpaired) electrons. The van der Waals surface area contributed by atoms with Crippen LogP contribution in [0.3, 0.4) is 0 Å². The summed E-state index contributed by atoms with van der Waals surface area (Å²) >= 11 is 0. The minimum atomic E-state index is -1.20. The second-order valence-corrected chi connectivity index (χ2v) is 8.94. The number of ether oxygens (including phenoxy) is 2. The first kappa shape index (κ1) is 23.1. The van der Waals surface area contributed by atoms with Gasteiger partial charge in [0.05, 0.1) is 12.2 Å². The lowest BCUT2D eigenvalue weighted by Crippen LogP contribution is -2.39. The van der Waals surface area contributed by atoms with E-state index < -0.39 is 17.5 Å². The molecule has 0 aromatic heterocycles. The molecule has 1 aromatic rings. The predicted octanol–water partition coefficient (Wildman–Crippen LogP) is 4.55. The maximum absolute atomic E-state index is 12.4. The molecule has 1 atom stereocenters. The second kappa shape index (κ2) is 10.6. The van der Waals surface area contributed by atoms with Crippen LogP contribution in [0.5, 0.6) is 0 Å². The molecule has 2 rings (SSSR count). The minimum Gasteiger partial charge on any atom is -0.458 e. The third-order valence-electron chi connectivity index (χ3n) is 5.16. The van der Waals surface area contributed by atoms with Gasteiger partial charge in [-0.05, 0) is 49.1 Å². The summed E-state index contributed by atoms with van der Waals surface area (Å²) in [7, 11) is 0. The Labute approximate surface area is 174 Å². The number of esters is 2. The number of aliphatic hydroxyl groups excluding tert-OH is 1.